The molecule has 0 spiro atoms. The van der Waals surface area contributed by atoms with Gasteiger partial charge in [0, 0.05) is 13.1 Å². The molecule has 2 aliphatic rings. The van der Waals surface area contributed by atoms with Crippen molar-refractivity contribution < 1.29 is 23.9 Å². The Morgan fingerprint density at radius 1 is 1.08 bits per heavy atom. The van der Waals surface area contributed by atoms with Crippen LogP contribution in [0.4, 0.5) is 4.79 Å². The van der Waals surface area contributed by atoms with E-state index in [4.69, 9.17) is 15.9 Å². The summed E-state index contributed by atoms with van der Waals surface area (Å²) in [5.74, 6) is 2.20. The van der Waals surface area contributed by atoms with Gasteiger partial charge >= 0.3 is 6.09 Å². The predicted octanol–water partition coefficient (Wildman–Crippen LogP) is 1.56. The van der Waals surface area contributed by atoms with Crippen molar-refractivity contribution in [2.45, 2.75) is 63.4 Å². The van der Waals surface area contributed by atoms with E-state index in [9.17, 15) is 14.4 Å². The van der Waals surface area contributed by atoms with Gasteiger partial charge in [0.15, 0.2) is 5.78 Å². The number of nitrogens with zero attached hydrogens (tertiary/aromatic N) is 2. The summed E-state index contributed by atoms with van der Waals surface area (Å²) in [6.07, 6.45) is 5.68. The van der Waals surface area contributed by atoms with E-state index in [1.165, 1.54) is 0 Å². The SMILES string of the molecule is C#CCOC(C)C(NCC(=O)CNC)C(=O)N1CCC2(C)N(C(=O)OCc3ccccc3)CCC12C. The largest absolute Gasteiger partial charge is 0.445 e. The van der Waals surface area contributed by atoms with Crippen molar-refractivity contribution in [3.05, 3.63) is 35.9 Å². The first-order chi connectivity index (χ1) is 17.2. The fraction of sp³-hybridized carbons (Fsp3) is 0.593. The van der Waals surface area contributed by atoms with Crippen molar-refractivity contribution in [2.24, 2.45) is 0 Å². The lowest BCUT2D eigenvalue weighted by Crippen LogP contribution is -2.62. The number of ketones is 1. The second-order valence-corrected chi connectivity index (χ2v) is 9.88. The number of hydrogen-bond acceptors (Lipinski definition) is 7. The maximum absolute atomic E-state index is 13.9. The first-order valence-electron chi connectivity index (χ1n) is 12.4. The van der Waals surface area contributed by atoms with Gasteiger partial charge in [0.2, 0.25) is 5.91 Å². The number of terminal acetylenes is 1. The van der Waals surface area contributed by atoms with Crippen LogP contribution in [0.25, 0.3) is 0 Å². The molecule has 2 N–H and O–H groups in total. The average Bonchev–Trinajstić information content (AvgIpc) is 3.28. The molecule has 0 bridgehead atoms. The second-order valence-electron chi connectivity index (χ2n) is 9.88. The highest BCUT2D eigenvalue weighted by Crippen LogP contribution is 2.50. The fourth-order valence-corrected chi connectivity index (χ4v) is 5.37. The Morgan fingerprint density at radius 3 is 2.36 bits per heavy atom. The van der Waals surface area contributed by atoms with E-state index in [2.05, 4.69) is 16.6 Å². The smallest absolute Gasteiger partial charge is 0.410 e. The molecule has 4 atom stereocenters. The summed E-state index contributed by atoms with van der Waals surface area (Å²) in [4.78, 5) is 42.7. The summed E-state index contributed by atoms with van der Waals surface area (Å²) in [7, 11) is 1.70. The van der Waals surface area contributed by atoms with Gasteiger partial charge in [-0.15, -0.1) is 6.42 Å². The molecule has 196 valence electrons. The molecule has 0 aromatic heterocycles. The van der Waals surface area contributed by atoms with Gasteiger partial charge in [-0.05, 0) is 46.2 Å². The minimum absolute atomic E-state index is 0.0285. The molecule has 9 nitrogen and oxygen atoms in total. The summed E-state index contributed by atoms with van der Waals surface area (Å²) in [5, 5.41) is 5.92. The van der Waals surface area contributed by atoms with Crippen molar-refractivity contribution in [3.63, 3.8) is 0 Å². The Kier molecular flexibility index (Phi) is 9.12. The molecule has 4 unspecified atom stereocenters. The summed E-state index contributed by atoms with van der Waals surface area (Å²) >= 11 is 0. The molecule has 2 amide bonds. The second kappa shape index (κ2) is 11.9. The molecule has 2 aliphatic heterocycles. The number of rotatable bonds is 11. The minimum Gasteiger partial charge on any atom is -0.445 e. The van der Waals surface area contributed by atoms with Crippen LogP contribution in [0, 0.1) is 12.3 Å². The molecular weight excluding hydrogens is 460 g/mol. The van der Waals surface area contributed by atoms with Gasteiger partial charge in [0.05, 0.1) is 30.3 Å². The van der Waals surface area contributed by atoms with E-state index >= 15 is 0 Å². The van der Waals surface area contributed by atoms with Gasteiger partial charge < -0.3 is 24.6 Å². The van der Waals surface area contributed by atoms with Crippen molar-refractivity contribution in [3.8, 4) is 12.3 Å². The lowest BCUT2D eigenvalue weighted by molar-refractivity contribution is -0.142. The van der Waals surface area contributed by atoms with E-state index in [-0.39, 0.29) is 44.1 Å². The Balaban J connectivity index is 1.74. The van der Waals surface area contributed by atoms with Gasteiger partial charge in [-0.1, -0.05) is 36.3 Å². The average molecular weight is 499 g/mol. The van der Waals surface area contributed by atoms with E-state index < -0.39 is 23.2 Å². The number of carbonyl (C=O) groups is 3. The van der Waals surface area contributed by atoms with Crippen LogP contribution in [-0.2, 0) is 25.7 Å². The predicted molar refractivity (Wildman–Crippen MR) is 136 cm³/mol. The molecule has 36 heavy (non-hydrogen) atoms. The molecule has 0 aliphatic carbocycles. The fourth-order valence-electron chi connectivity index (χ4n) is 5.37. The first-order valence-corrected chi connectivity index (χ1v) is 12.4. The minimum atomic E-state index is -0.752. The molecule has 1 aromatic rings. The molecule has 2 fully saturated rings. The van der Waals surface area contributed by atoms with Crippen LogP contribution in [0.15, 0.2) is 30.3 Å². The zero-order chi connectivity index (χ0) is 26.3. The van der Waals surface area contributed by atoms with Crippen molar-refractivity contribution in [1.29, 1.82) is 0 Å². The number of amides is 2. The maximum Gasteiger partial charge on any atom is 0.410 e. The van der Waals surface area contributed by atoms with Crippen molar-refractivity contribution >= 4 is 17.8 Å². The van der Waals surface area contributed by atoms with Crippen molar-refractivity contribution in [1.82, 2.24) is 20.4 Å². The monoisotopic (exact) mass is 498 g/mol. The third kappa shape index (κ3) is 5.56. The lowest BCUT2D eigenvalue weighted by Gasteiger charge is -2.44. The van der Waals surface area contributed by atoms with E-state index in [0.717, 1.165) is 5.56 Å². The Morgan fingerprint density at radius 2 is 1.72 bits per heavy atom. The standard InChI is InChI=1S/C27H38N4O5/c1-6-16-35-20(2)23(29-18-22(32)17-28-5)24(33)30-14-12-27(4)26(30,3)13-15-31(27)25(34)36-19-21-10-8-7-9-11-21/h1,7-11,20,23,28-29H,12-19H2,2-5H3. The number of benzene rings is 1. The van der Waals surface area contributed by atoms with Gasteiger partial charge in [-0.3, -0.25) is 14.9 Å². The van der Waals surface area contributed by atoms with Crippen LogP contribution >= 0.6 is 0 Å². The number of likely N-dealkylation sites (tertiary alicyclic amines) is 2. The van der Waals surface area contributed by atoms with Crippen LogP contribution in [-0.4, -0.2) is 90.6 Å². The molecule has 2 heterocycles. The maximum atomic E-state index is 13.9. The zero-order valence-corrected chi connectivity index (χ0v) is 21.7. The van der Waals surface area contributed by atoms with Crippen LogP contribution in [0.3, 0.4) is 0 Å². The zero-order valence-electron chi connectivity index (χ0n) is 21.7. The Bertz CT molecular complexity index is 980. The van der Waals surface area contributed by atoms with Crippen LogP contribution in [0.1, 0.15) is 39.2 Å². The molecule has 2 saturated heterocycles. The third-order valence-electron chi connectivity index (χ3n) is 7.75. The number of fused-ring (bicyclic) bond motifs is 1. The summed E-state index contributed by atoms with van der Waals surface area (Å²) in [5.41, 5.74) is -0.244. The first kappa shape index (κ1) is 27.7. The normalized spacial score (nSPS) is 24.6. The third-order valence-corrected chi connectivity index (χ3v) is 7.75. The summed E-state index contributed by atoms with van der Waals surface area (Å²) < 4.78 is 11.3. The molecule has 3 rings (SSSR count). The summed E-state index contributed by atoms with van der Waals surface area (Å²) in [6, 6.07) is 8.80. The van der Waals surface area contributed by atoms with Crippen molar-refractivity contribution in [2.75, 3.05) is 39.8 Å². The van der Waals surface area contributed by atoms with Gasteiger partial charge in [-0.2, -0.15) is 0 Å². The highest BCUT2D eigenvalue weighted by atomic mass is 16.6. The van der Waals surface area contributed by atoms with Crippen LogP contribution < -0.4 is 10.6 Å². The lowest BCUT2D eigenvalue weighted by atomic mass is 9.81. The number of ether oxygens (including phenoxy) is 2. The molecule has 1 aromatic carbocycles. The number of likely N-dealkylation sites (N-methyl/N-ethyl adjacent to an activating group) is 1. The molecule has 0 radical (unpaired) electrons. The highest BCUT2D eigenvalue weighted by Gasteiger charge is 2.63. The van der Waals surface area contributed by atoms with E-state index in [1.54, 1.807) is 18.9 Å². The number of hydrogen-bond donors (Lipinski definition) is 2. The molecular formula is C27H38N4O5. The van der Waals surface area contributed by atoms with Gasteiger partial charge in [-0.25, -0.2) is 4.79 Å². The Hall–Kier alpha value is -2.93. The van der Waals surface area contributed by atoms with Crippen LogP contribution in [0.2, 0.25) is 0 Å². The van der Waals surface area contributed by atoms with E-state index in [0.29, 0.717) is 25.9 Å². The van der Waals surface area contributed by atoms with E-state index in [1.807, 2.05) is 49.1 Å². The van der Waals surface area contributed by atoms with Crippen LogP contribution in [0.5, 0.6) is 0 Å². The topological polar surface area (TPSA) is 100 Å². The number of carbonyl (C=O) groups excluding carboxylic acids is 3. The highest BCUT2D eigenvalue weighted by molar-refractivity contribution is 5.87. The quantitative estimate of drug-likeness (QED) is 0.447. The van der Waals surface area contributed by atoms with Gasteiger partial charge in [0.1, 0.15) is 19.3 Å². The molecule has 0 saturated carbocycles. The Labute approximate surface area is 213 Å². The number of nitrogens with one attached hydrogen (secondary N) is 2. The molecule has 9 heteroatoms. The summed E-state index contributed by atoms with van der Waals surface area (Å²) in [6.45, 7) is 7.29. The van der Waals surface area contributed by atoms with Gasteiger partial charge in [0.25, 0.3) is 0 Å². The number of Topliss-reactive ketones (excluding diaryl/α,β-unsaturated/α-hetero) is 1.